The van der Waals surface area contributed by atoms with Crippen molar-refractivity contribution in [1.29, 1.82) is 0 Å². The van der Waals surface area contributed by atoms with Crippen molar-refractivity contribution in [2.75, 3.05) is 13.1 Å². The first-order valence-electron chi connectivity index (χ1n) is 8.55. The van der Waals surface area contributed by atoms with Crippen LogP contribution in [0.4, 0.5) is 4.79 Å². The largest absolute Gasteiger partial charge is 0.444 e. The van der Waals surface area contributed by atoms with Crippen LogP contribution in [0.5, 0.6) is 0 Å². The molecule has 4 nitrogen and oxygen atoms in total. The number of rotatable bonds is 3. The first-order valence-corrected chi connectivity index (χ1v) is 8.55. The van der Waals surface area contributed by atoms with E-state index < -0.39 is 5.60 Å². The number of benzene rings is 1. The van der Waals surface area contributed by atoms with Crippen LogP contribution in [0.1, 0.15) is 52.6 Å². The predicted molar refractivity (Wildman–Crippen MR) is 93.4 cm³/mol. The highest BCUT2D eigenvalue weighted by Gasteiger charge is 2.31. The summed E-state index contributed by atoms with van der Waals surface area (Å²) in [5.74, 6) is 0.405. The van der Waals surface area contributed by atoms with Crippen LogP contribution >= 0.6 is 0 Å². The number of hydrogen-bond donors (Lipinski definition) is 1. The van der Waals surface area contributed by atoms with Crippen LogP contribution in [0.3, 0.4) is 0 Å². The molecule has 1 amide bonds. The molecule has 128 valence electrons. The molecule has 1 fully saturated rings. The molecule has 1 aliphatic heterocycles. The molecule has 0 aliphatic carbocycles. The van der Waals surface area contributed by atoms with Crippen LogP contribution in [0.15, 0.2) is 30.3 Å². The Labute approximate surface area is 140 Å². The lowest BCUT2D eigenvalue weighted by atomic mass is 9.92. The highest BCUT2D eigenvalue weighted by molar-refractivity contribution is 5.68. The summed E-state index contributed by atoms with van der Waals surface area (Å²) in [5.41, 5.74) is 0.867. The van der Waals surface area contributed by atoms with Crippen molar-refractivity contribution < 1.29 is 9.53 Å². The molecule has 1 aliphatic rings. The Kier molecular flexibility index (Phi) is 5.69. The van der Waals surface area contributed by atoms with Crippen LogP contribution < -0.4 is 5.32 Å². The lowest BCUT2D eigenvalue weighted by Crippen LogP contribution is -2.51. The number of carbonyl (C=O) groups is 1. The molecule has 1 heterocycles. The van der Waals surface area contributed by atoms with E-state index in [0.29, 0.717) is 18.0 Å². The van der Waals surface area contributed by atoms with Crippen molar-refractivity contribution in [2.24, 2.45) is 5.92 Å². The summed E-state index contributed by atoms with van der Waals surface area (Å²) in [6, 6.07) is 11.2. The second kappa shape index (κ2) is 7.35. The van der Waals surface area contributed by atoms with E-state index in [1.54, 1.807) is 0 Å². The third-order valence-electron chi connectivity index (χ3n) is 4.32. The summed E-state index contributed by atoms with van der Waals surface area (Å²) in [6.07, 6.45) is 0.760. The van der Waals surface area contributed by atoms with Gasteiger partial charge >= 0.3 is 6.09 Å². The summed E-state index contributed by atoms with van der Waals surface area (Å²) >= 11 is 0. The summed E-state index contributed by atoms with van der Waals surface area (Å²) in [4.78, 5) is 14.0. The summed E-state index contributed by atoms with van der Waals surface area (Å²) in [7, 11) is 0. The smallest absolute Gasteiger partial charge is 0.410 e. The van der Waals surface area contributed by atoms with Crippen LogP contribution in [0.2, 0.25) is 0 Å². The Balaban J connectivity index is 1.88. The second-order valence-corrected chi connectivity index (χ2v) is 7.60. The fourth-order valence-electron chi connectivity index (χ4n) is 3.04. The molecular formula is C19H30N2O2. The number of amides is 1. The van der Waals surface area contributed by atoms with Gasteiger partial charge in [-0.2, -0.15) is 0 Å². The van der Waals surface area contributed by atoms with Gasteiger partial charge in [-0.3, -0.25) is 0 Å². The molecule has 1 aromatic rings. The highest BCUT2D eigenvalue weighted by Crippen LogP contribution is 2.22. The zero-order valence-electron chi connectivity index (χ0n) is 15.0. The number of piperidine rings is 1. The minimum absolute atomic E-state index is 0.195. The van der Waals surface area contributed by atoms with Gasteiger partial charge in [0, 0.05) is 25.2 Å². The van der Waals surface area contributed by atoms with E-state index in [-0.39, 0.29) is 6.09 Å². The SMILES string of the molecule is CC1CN(C(=O)OC(C)(C)C)CCC1N[C@@H](C)c1ccccc1. The molecule has 2 rings (SSSR count). The summed E-state index contributed by atoms with van der Waals surface area (Å²) in [6.45, 7) is 11.6. The van der Waals surface area contributed by atoms with Gasteiger partial charge in [0.05, 0.1) is 0 Å². The Morgan fingerprint density at radius 1 is 1.30 bits per heavy atom. The van der Waals surface area contributed by atoms with Crippen LogP contribution in [-0.4, -0.2) is 35.7 Å². The van der Waals surface area contributed by atoms with Crippen molar-refractivity contribution in [3.05, 3.63) is 35.9 Å². The molecule has 1 saturated heterocycles. The van der Waals surface area contributed by atoms with Crippen molar-refractivity contribution in [3.63, 3.8) is 0 Å². The lowest BCUT2D eigenvalue weighted by molar-refractivity contribution is 0.0139. The standard InChI is InChI=1S/C19H30N2O2/c1-14-13-21(18(22)23-19(3,4)5)12-11-17(14)20-15(2)16-9-7-6-8-10-16/h6-10,14-15,17,20H,11-13H2,1-5H3/t14?,15-,17?/m0/s1. The van der Waals surface area contributed by atoms with E-state index in [0.717, 1.165) is 19.5 Å². The number of likely N-dealkylation sites (tertiary alicyclic amines) is 1. The van der Waals surface area contributed by atoms with Crippen LogP contribution in [0, 0.1) is 5.92 Å². The third kappa shape index (κ3) is 5.24. The lowest BCUT2D eigenvalue weighted by Gasteiger charge is -2.39. The van der Waals surface area contributed by atoms with Crippen LogP contribution in [0.25, 0.3) is 0 Å². The van der Waals surface area contributed by atoms with Crippen molar-refractivity contribution in [3.8, 4) is 0 Å². The maximum Gasteiger partial charge on any atom is 0.410 e. The van der Waals surface area contributed by atoms with Crippen molar-refractivity contribution >= 4 is 6.09 Å². The predicted octanol–water partition coefficient (Wildman–Crippen LogP) is 3.98. The summed E-state index contributed by atoms with van der Waals surface area (Å²) < 4.78 is 5.48. The Bertz CT molecular complexity index is 510. The molecule has 23 heavy (non-hydrogen) atoms. The van der Waals surface area contributed by atoms with Gasteiger partial charge in [0.1, 0.15) is 5.60 Å². The third-order valence-corrected chi connectivity index (χ3v) is 4.32. The van der Waals surface area contributed by atoms with Gasteiger partial charge in [-0.1, -0.05) is 37.3 Å². The molecule has 1 aromatic carbocycles. The molecular weight excluding hydrogens is 288 g/mol. The van der Waals surface area contributed by atoms with E-state index in [4.69, 9.17) is 4.74 Å². The van der Waals surface area contributed by atoms with Crippen molar-refractivity contribution in [2.45, 2.75) is 58.7 Å². The van der Waals surface area contributed by atoms with Gasteiger partial charge in [-0.15, -0.1) is 0 Å². The van der Waals surface area contributed by atoms with E-state index >= 15 is 0 Å². The molecule has 3 atom stereocenters. The topological polar surface area (TPSA) is 41.6 Å². The molecule has 0 radical (unpaired) electrons. The fraction of sp³-hybridized carbons (Fsp3) is 0.632. The molecule has 2 unspecified atom stereocenters. The normalized spacial score (nSPS) is 23.4. The van der Waals surface area contributed by atoms with Gasteiger partial charge in [-0.25, -0.2) is 4.79 Å². The monoisotopic (exact) mass is 318 g/mol. The number of hydrogen-bond acceptors (Lipinski definition) is 3. The van der Waals surface area contributed by atoms with Gasteiger partial charge in [0.25, 0.3) is 0 Å². The Hall–Kier alpha value is -1.55. The van der Waals surface area contributed by atoms with E-state index in [2.05, 4.69) is 43.4 Å². The minimum atomic E-state index is -0.433. The van der Waals surface area contributed by atoms with Crippen molar-refractivity contribution in [1.82, 2.24) is 10.2 Å². The molecule has 0 bridgehead atoms. The molecule has 4 heteroatoms. The number of nitrogens with one attached hydrogen (secondary N) is 1. The van der Waals surface area contributed by atoms with Gasteiger partial charge in [-0.05, 0) is 45.6 Å². The molecule has 1 N–H and O–H groups in total. The van der Waals surface area contributed by atoms with Crippen LogP contribution in [-0.2, 0) is 4.74 Å². The quantitative estimate of drug-likeness (QED) is 0.916. The average molecular weight is 318 g/mol. The Morgan fingerprint density at radius 3 is 2.52 bits per heavy atom. The number of carbonyl (C=O) groups excluding carboxylic acids is 1. The zero-order chi connectivity index (χ0) is 17.0. The maximum atomic E-state index is 12.2. The number of nitrogens with zero attached hydrogens (tertiary/aromatic N) is 1. The molecule has 0 saturated carbocycles. The first-order chi connectivity index (χ1) is 10.8. The Morgan fingerprint density at radius 2 is 1.96 bits per heavy atom. The van der Waals surface area contributed by atoms with Gasteiger partial charge in [0.2, 0.25) is 0 Å². The van der Waals surface area contributed by atoms with Gasteiger partial charge < -0.3 is 15.0 Å². The second-order valence-electron chi connectivity index (χ2n) is 7.60. The maximum absolute atomic E-state index is 12.2. The van der Waals surface area contributed by atoms with E-state index in [1.165, 1.54) is 5.56 Å². The summed E-state index contributed by atoms with van der Waals surface area (Å²) in [5, 5.41) is 3.71. The van der Waals surface area contributed by atoms with E-state index in [9.17, 15) is 4.79 Å². The van der Waals surface area contributed by atoms with Gasteiger partial charge in [0.15, 0.2) is 0 Å². The molecule has 0 spiro atoms. The first kappa shape index (κ1) is 17.8. The fourth-order valence-corrected chi connectivity index (χ4v) is 3.04. The average Bonchev–Trinajstić information content (AvgIpc) is 2.48. The zero-order valence-corrected chi connectivity index (χ0v) is 15.0. The minimum Gasteiger partial charge on any atom is -0.444 e. The number of ether oxygens (including phenoxy) is 1. The van der Waals surface area contributed by atoms with E-state index in [1.807, 2.05) is 31.7 Å². The molecule has 0 aromatic heterocycles. The highest BCUT2D eigenvalue weighted by atomic mass is 16.6.